The van der Waals surface area contributed by atoms with Crippen molar-refractivity contribution in [1.82, 2.24) is 8.10 Å². The van der Waals surface area contributed by atoms with Crippen LogP contribution in [0.15, 0.2) is 36.5 Å². The number of aryl methyl sites for hydroxylation is 2. The molecule has 5 nitrogen and oxygen atoms in total. The molecule has 1 aliphatic carbocycles. The third-order valence-corrected chi connectivity index (χ3v) is 8.44. The Morgan fingerprint density at radius 1 is 1.14 bits per heavy atom. The van der Waals surface area contributed by atoms with Crippen molar-refractivity contribution in [3.05, 3.63) is 53.2 Å². The quantitative estimate of drug-likeness (QED) is 0.278. The Labute approximate surface area is 178 Å². The SMILES string of the molecule is Cc1cn(C)c2ccc(N3C(=S)NI=C3c3cc(C4CC4)c(O)cc3O)cc12. The predicted molar refractivity (Wildman–Crippen MR) is 126 cm³/mol. The number of hydrogen-bond acceptors (Lipinski definition) is 3. The number of aromatic hydroxyl groups is 2. The molecule has 1 aromatic heterocycles. The van der Waals surface area contributed by atoms with Crippen LogP contribution in [0.25, 0.3) is 10.9 Å². The van der Waals surface area contributed by atoms with Crippen molar-refractivity contribution in [3.63, 3.8) is 0 Å². The fourth-order valence-electron chi connectivity index (χ4n) is 3.86. The second-order valence-corrected chi connectivity index (χ2v) is 9.93. The van der Waals surface area contributed by atoms with Crippen LogP contribution in [0.2, 0.25) is 0 Å². The number of halogens is 1. The number of hydrogen-bond donors (Lipinski definition) is 3. The van der Waals surface area contributed by atoms with E-state index in [0.29, 0.717) is 11.0 Å². The maximum atomic E-state index is 10.6. The van der Waals surface area contributed by atoms with E-state index in [9.17, 15) is 10.2 Å². The Hall–Kier alpha value is -2.13. The van der Waals surface area contributed by atoms with Crippen LogP contribution in [0.3, 0.4) is 0 Å². The van der Waals surface area contributed by atoms with Gasteiger partial charge in [-0.1, -0.05) is 0 Å². The van der Waals surface area contributed by atoms with Crippen LogP contribution in [-0.4, -0.2) is 23.5 Å². The summed E-state index contributed by atoms with van der Waals surface area (Å²) in [5.41, 5.74) is 5.09. The molecular formula is C21H20IN3O2S. The molecular weight excluding hydrogens is 485 g/mol. The van der Waals surface area contributed by atoms with E-state index in [-0.39, 0.29) is 11.5 Å². The molecule has 0 atom stereocenters. The zero-order chi connectivity index (χ0) is 19.6. The van der Waals surface area contributed by atoms with Gasteiger partial charge in [-0.05, 0) is 73.3 Å². The lowest BCUT2D eigenvalue weighted by Gasteiger charge is -2.22. The highest BCUT2D eigenvalue weighted by Gasteiger charge is 2.31. The molecule has 0 bridgehead atoms. The lowest BCUT2D eigenvalue weighted by Crippen LogP contribution is -2.34. The van der Waals surface area contributed by atoms with Gasteiger partial charge in [-0.3, -0.25) is 4.90 Å². The van der Waals surface area contributed by atoms with Gasteiger partial charge in [0.05, 0.1) is 0 Å². The molecule has 0 radical (unpaired) electrons. The number of thiocarbonyl (C=S) groups is 1. The van der Waals surface area contributed by atoms with E-state index in [4.69, 9.17) is 12.2 Å². The Morgan fingerprint density at radius 2 is 1.93 bits per heavy atom. The second kappa shape index (κ2) is 6.45. The van der Waals surface area contributed by atoms with Crippen LogP contribution in [0.5, 0.6) is 11.5 Å². The Bertz CT molecular complexity index is 1180. The monoisotopic (exact) mass is 505 g/mol. The molecule has 5 rings (SSSR count). The second-order valence-electron chi connectivity index (χ2n) is 7.45. The molecule has 3 N–H and O–H groups in total. The first kappa shape index (κ1) is 17.9. The summed E-state index contributed by atoms with van der Waals surface area (Å²) in [5, 5.41) is 22.7. The van der Waals surface area contributed by atoms with Crippen molar-refractivity contribution in [2.24, 2.45) is 7.05 Å². The third kappa shape index (κ3) is 2.79. The average molecular weight is 505 g/mol. The summed E-state index contributed by atoms with van der Waals surface area (Å²) in [7, 11) is 2.05. The van der Waals surface area contributed by atoms with E-state index >= 15 is 0 Å². The zero-order valence-corrected chi connectivity index (χ0v) is 18.5. The lowest BCUT2D eigenvalue weighted by atomic mass is 10.0. The van der Waals surface area contributed by atoms with Gasteiger partial charge in [-0.25, -0.2) is 0 Å². The number of benzene rings is 2. The summed E-state index contributed by atoms with van der Waals surface area (Å²) in [6.45, 7) is 2.11. The molecule has 1 fully saturated rings. The van der Waals surface area contributed by atoms with Crippen molar-refractivity contribution < 1.29 is 10.2 Å². The van der Waals surface area contributed by atoms with Crippen LogP contribution in [0.4, 0.5) is 5.69 Å². The molecule has 7 heteroatoms. The van der Waals surface area contributed by atoms with Crippen LogP contribution in [0.1, 0.15) is 35.4 Å². The maximum absolute atomic E-state index is 10.6. The Kier molecular flexibility index (Phi) is 4.13. The predicted octanol–water partition coefficient (Wildman–Crippen LogP) is 4.53. The van der Waals surface area contributed by atoms with Crippen molar-refractivity contribution >= 4 is 58.6 Å². The summed E-state index contributed by atoms with van der Waals surface area (Å²) < 4.78 is 6.48. The summed E-state index contributed by atoms with van der Waals surface area (Å²) in [6.07, 6.45) is 4.30. The number of aromatic nitrogens is 1. The van der Waals surface area contributed by atoms with E-state index in [1.54, 1.807) is 0 Å². The van der Waals surface area contributed by atoms with Gasteiger partial charge in [-0.15, -0.1) is 0 Å². The number of phenolic OH excluding ortho intramolecular Hbond substituents is 2. The van der Waals surface area contributed by atoms with Gasteiger partial charge in [0.2, 0.25) is 0 Å². The summed E-state index contributed by atoms with van der Waals surface area (Å²) in [4.78, 5) is 2.04. The van der Waals surface area contributed by atoms with Gasteiger partial charge in [0, 0.05) is 62.5 Å². The van der Waals surface area contributed by atoms with Crippen LogP contribution in [-0.2, 0) is 7.05 Å². The van der Waals surface area contributed by atoms with Gasteiger partial charge >= 0.3 is 0 Å². The Balaban J connectivity index is 1.62. The lowest BCUT2D eigenvalue weighted by molar-refractivity contribution is 0.445. The molecule has 0 spiro atoms. The highest BCUT2D eigenvalue weighted by Crippen LogP contribution is 2.46. The molecule has 144 valence electrons. The molecule has 0 unspecified atom stereocenters. The molecule has 1 saturated carbocycles. The topological polar surface area (TPSA) is 60.7 Å². The zero-order valence-electron chi connectivity index (χ0n) is 15.5. The fraction of sp³-hybridized carbons (Fsp3) is 0.238. The molecule has 2 heterocycles. The fourth-order valence-corrected chi connectivity index (χ4v) is 6.69. The van der Waals surface area contributed by atoms with Crippen molar-refractivity contribution in [2.75, 3.05) is 4.90 Å². The van der Waals surface area contributed by atoms with E-state index in [1.807, 2.05) is 18.0 Å². The molecule has 2 aliphatic rings. The van der Waals surface area contributed by atoms with Crippen LogP contribution >= 0.6 is 33.2 Å². The van der Waals surface area contributed by atoms with E-state index in [1.165, 1.54) is 22.5 Å². The molecule has 2 aromatic carbocycles. The number of nitrogens with zero attached hydrogens (tertiary/aromatic N) is 2. The van der Waals surface area contributed by atoms with E-state index in [0.717, 1.165) is 33.3 Å². The molecule has 0 amide bonds. The highest BCUT2D eigenvalue weighted by molar-refractivity contribution is 14.2. The molecule has 0 saturated heterocycles. The first-order valence-electron chi connectivity index (χ1n) is 9.17. The largest absolute Gasteiger partial charge is 0.508 e. The van der Waals surface area contributed by atoms with E-state index in [2.05, 4.69) is 39.4 Å². The van der Waals surface area contributed by atoms with Crippen molar-refractivity contribution in [1.29, 1.82) is 0 Å². The van der Waals surface area contributed by atoms with Crippen molar-refractivity contribution in [3.8, 4) is 11.5 Å². The van der Waals surface area contributed by atoms with E-state index < -0.39 is 21.0 Å². The number of rotatable bonds is 3. The summed E-state index contributed by atoms with van der Waals surface area (Å²) >= 11 is 5.02. The number of nitrogens with one attached hydrogen (secondary N) is 1. The minimum atomic E-state index is -0.590. The third-order valence-electron chi connectivity index (χ3n) is 5.43. The van der Waals surface area contributed by atoms with Crippen molar-refractivity contribution in [2.45, 2.75) is 25.7 Å². The van der Waals surface area contributed by atoms with Gasteiger partial charge < -0.3 is 18.3 Å². The average Bonchev–Trinajstić information content (AvgIpc) is 3.37. The number of anilines is 1. The van der Waals surface area contributed by atoms with Crippen LogP contribution in [0, 0.1) is 6.92 Å². The van der Waals surface area contributed by atoms with Gasteiger partial charge in [0.1, 0.15) is 15.1 Å². The number of fused-ring (bicyclic) bond motifs is 1. The van der Waals surface area contributed by atoms with Gasteiger partial charge in [0.15, 0.2) is 5.11 Å². The van der Waals surface area contributed by atoms with Gasteiger partial charge in [-0.2, -0.15) is 0 Å². The molecule has 28 heavy (non-hydrogen) atoms. The smallest absolute Gasteiger partial charge is 0.187 e. The summed E-state index contributed by atoms with van der Waals surface area (Å²) in [5.74, 6) is 0.685. The molecule has 1 aliphatic heterocycles. The minimum absolute atomic E-state index is 0.102. The highest BCUT2D eigenvalue weighted by atomic mass is 127. The molecule has 3 aromatic rings. The first-order chi connectivity index (χ1) is 13.4. The summed E-state index contributed by atoms with van der Waals surface area (Å²) in [6, 6.07) is 9.77. The number of phenols is 2. The van der Waals surface area contributed by atoms with Crippen LogP contribution < -0.4 is 8.43 Å². The van der Waals surface area contributed by atoms with Gasteiger partial charge in [0.25, 0.3) is 0 Å². The standard InChI is InChI=1S/C21H20IN3O2S/c1-11-10-24(2)17-6-5-13(7-14(11)17)25-20(22-23-21(25)28)16-8-15(12-3-4-12)18(26)9-19(16)27/h5-10,12,26-27H,3-4H2,1-2H3,(H,23,28). The maximum Gasteiger partial charge on any atom is 0.187 e. The minimum Gasteiger partial charge on any atom is -0.508 e. The normalized spacial score (nSPS) is 16.9. The Morgan fingerprint density at radius 3 is 2.68 bits per heavy atom. The first-order valence-corrected chi connectivity index (χ1v) is 11.7.